The third-order valence-corrected chi connectivity index (χ3v) is 6.99. The highest BCUT2D eigenvalue weighted by molar-refractivity contribution is 6.23. The van der Waals surface area contributed by atoms with Crippen molar-refractivity contribution < 1.29 is 0 Å². The third kappa shape index (κ3) is 3.78. The van der Waals surface area contributed by atoms with Crippen molar-refractivity contribution in [3.8, 4) is 11.1 Å². The van der Waals surface area contributed by atoms with E-state index >= 15 is 0 Å². The zero-order chi connectivity index (χ0) is 25.8. The summed E-state index contributed by atoms with van der Waals surface area (Å²) in [6, 6.07) is 31.5. The van der Waals surface area contributed by atoms with Gasteiger partial charge in [-0.05, 0) is 57.6 Å². The highest BCUT2D eigenvalue weighted by Gasteiger charge is 2.26. The van der Waals surface area contributed by atoms with Crippen molar-refractivity contribution in [2.75, 3.05) is 0 Å². The van der Waals surface area contributed by atoms with E-state index in [1.54, 1.807) is 0 Å². The molecule has 6 aromatic rings. The summed E-state index contributed by atoms with van der Waals surface area (Å²) in [7, 11) is 0. The van der Waals surface area contributed by atoms with Crippen molar-refractivity contribution in [3.05, 3.63) is 96.1 Å². The van der Waals surface area contributed by atoms with Crippen LogP contribution < -0.4 is 0 Å². The molecule has 0 saturated carbocycles. The Morgan fingerprint density at radius 1 is 0.611 bits per heavy atom. The van der Waals surface area contributed by atoms with Gasteiger partial charge in [-0.1, -0.05) is 120 Å². The van der Waals surface area contributed by atoms with Crippen LogP contribution in [0, 0.1) is 0 Å². The Bertz CT molecular complexity index is 1650. The zero-order valence-corrected chi connectivity index (χ0v) is 22.9. The van der Waals surface area contributed by atoms with Gasteiger partial charge in [0, 0.05) is 28.4 Å². The molecule has 0 bridgehead atoms. The fraction of sp³-hybridized carbons (Fsp3) is 0.257. The van der Waals surface area contributed by atoms with E-state index in [0.717, 1.165) is 13.0 Å². The van der Waals surface area contributed by atoms with E-state index in [1.165, 1.54) is 65.6 Å². The molecule has 36 heavy (non-hydrogen) atoms. The topological polar surface area (TPSA) is 4.93 Å². The van der Waals surface area contributed by atoms with Crippen LogP contribution in [0.25, 0.3) is 54.5 Å². The molecule has 0 N–H and O–H groups in total. The van der Waals surface area contributed by atoms with Crippen molar-refractivity contribution in [1.82, 2.24) is 4.57 Å². The number of fused-ring (bicyclic) bond motifs is 11. The maximum atomic E-state index is 2.53. The van der Waals surface area contributed by atoms with Gasteiger partial charge in [0.2, 0.25) is 0 Å². The molecular formula is C35H39N. The molecule has 0 unspecified atom stereocenters. The van der Waals surface area contributed by atoms with Gasteiger partial charge >= 0.3 is 0 Å². The monoisotopic (exact) mass is 473 g/mol. The van der Waals surface area contributed by atoms with Gasteiger partial charge in [0.25, 0.3) is 0 Å². The van der Waals surface area contributed by atoms with Crippen molar-refractivity contribution in [1.29, 1.82) is 0 Å². The molecule has 1 aliphatic carbocycles. The number of hydrogen-bond donors (Lipinski definition) is 0. The lowest BCUT2D eigenvalue weighted by atomic mass is 9.98. The zero-order valence-electron chi connectivity index (χ0n) is 22.9. The van der Waals surface area contributed by atoms with Gasteiger partial charge < -0.3 is 4.57 Å². The molecule has 0 amide bonds. The second-order valence-corrected chi connectivity index (χ2v) is 8.41. The van der Waals surface area contributed by atoms with Crippen LogP contribution in [0.3, 0.4) is 0 Å². The summed E-state index contributed by atoms with van der Waals surface area (Å²) in [5.74, 6) is 0. The Morgan fingerprint density at radius 2 is 1.22 bits per heavy atom. The Labute approximate surface area is 216 Å². The molecule has 1 heterocycles. The molecular weight excluding hydrogens is 434 g/mol. The lowest BCUT2D eigenvalue weighted by Gasteiger charge is -2.10. The smallest absolute Gasteiger partial charge is 0.0574 e. The summed E-state index contributed by atoms with van der Waals surface area (Å²) in [4.78, 5) is 0. The van der Waals surface area contributed by atoms with Crippen LogP contribution in [0.15, 0.2) is 84.9 Å². The molecule has 1 nitrogen and oxygen atoms in total. The number of rotatable bonds is 1. The van der Waals surface area contributed by atoms with Crippen molar-refractivity contribution in [3.63, 3.8) is 0 Å². The molecule has 0 aliphatic heterocycles. The molecule has 1 aliphatic rings. The molecule has 5 aromatic carbocycles. The van der Waals surface area contributed by atoms with Crippen LogP contribution in [0.2, 0.25) is 0 Å². The predicted octanol–water partition coefficient (Wildman–Crippen LogP) is 10.8. The minimum Gasteiger partial charge on any atom is -0.340 e. The first-order chi connectivity index (χ1) is 17.8. The van der Waals surface area contributed by atoms with Gasteiger partial charge in [-0.3, -0.25) is 0 Å². The van der Waals surface area contributed by atoms with Gasteiger partial charge in [-0.25, -0.2) is 0 Å². The number of benzene rings is 5. The SMILES string of the molecule is CC.CC.CC.CCn1c2ccc3ccccc3c2c2ccc3c(c21)-c1ccc2ccccc2c1C3. The summed E-state index contributed by atoms with van der Waals surface area (Å²) in [6.07, 6.45) is 1.02. The van der Waals surface area contributed by atoms with E-state index in [1.807, 2.05) is 41.5 Å². The van der Waals surface area contributed by atoms with Crippen LogP contribution in [0.1, 0.15) is 59.6 Å². The third-order valence-electron chi connectivity index (χ3n) is 6.99. The van der Waals surface area contributed by atoms with Crippen LogP contribution in [0.4, 0.5) is 0 Å². The van der Waals surface area contributed by atoms with Gasteiger partial charge in [0.1, 0.15) is 0 Å². The van der Waals surface area contributed by atoms with E-state index in [9.17, 15) is 0 Å². The fourth-order valence-electron chi connectivity index (χ4n) is 5.73. The molecule has 7 rings (SSSR count). The summed E-state index contributed by atoms with van der Waals surface area (Å²) in [5.41, 5.74) is 8.53. The van der Waals surface area contributed by atoms with E-state index in [0.29, 0.717) is 0 Å². The van der Waals surface area contributed by atoms with Crippen LogP contribution in [-0.4, -0.2) is 4.57 Å². The molecule has 0 saturated heterocycles. The first kappa shape index (κ1) is 25.5. The summed E-state index contributed by atoms with van der Waals surface area (Å²) >= 11 is 0. The minimum atomic E-state index is 0.970. The van der Waals surface area contributed by atoms with Gasteiger partial charge in [-0.2, -0.15) is 0 Å². The molecule has 1 aromatic heterocycles. The second kappa shape index (κ2) is 11.0. The van der Waals surface area contributed by atoms with Gasteiger partial charge in [-0.15, -0.1) is 0 Å². The average molecular weight is 474 g/mol. The van der Waals surface area contributed by atoms with Crippen LogP contribution in [-0.2, 0) is 13.0 Å². The highest BCUT2D eigenvalue weighted by Crippen LogP contribution is 2.47. The van der Waals surface area contributed by atoms with Crippen molar-refractivity contribution in [2.45, 2.75) is 61.4 Å². The quantitative estimate of drug-likeness (QED) is 0.223. The largest absolute Gasteiger partial charge is 0.340 e. The van der Waals surface area contributed by atoms with Crippen LogP contribution in [0.5, 0.6) is 0 Å². The van der Waals surface area contributed by atoms with Crippen molar-refractivity contribution >= 4 is 43.4 Å². The summed E-state index contributed by atoms with van der Waals surface area (Å²) in [5, 5.41) is 8.16. The average Bonchev–Trinajstić information content (AvgIpc) is 3.52. The molecule has 0 spiro atoms. The number of hydrogen-bond acceptors (Lipinski definition) is 0. The lowest BCUT2D eigenvalue weighted by molar-refractivity contribution is 0.828. The number of aryl methyl sites for hydroxylation is 1. The predicted molar refractivity (Wildman–Crippen MR) is 162 cm³/mol. The van der Waals surface area contributed by atoms with Gasteiger partial charge in [0.05, 0.1) is 5.52 Å². The Morgan fingerprint density at radius 3 is 1.92 bits per heavy atom. The normalized spacial score (nSPS) is 11.2. The van der Waals surface area contributed by atoms with E-state index in [-0.39, 0.29) is 0 Å². The fourth-order valence-corrected chi connectivity index (χ4v) is 5.73. The number of aromatic nitrogens is 1. The number of nitrogens with zero attached hydrogens (tertiary/aromatic N) is 1. The van der Waals surface area contributed by atoms with E-state index in [2.05, 4.69) is 96.4 Å². The maximum Gasteiger partial charge on any atom is 0.0574 e. The molecule has 1 heteroatoms. The summed E-state index contributed by atoms with van der Waals surface area (Å²) < 4.78 is 2.53. The molecule has 0 atom stereocenters. The highest BCUT2D eigenvalue weighted by atomic mass is 15.0. The standard InChI is InChI=1S/C29H21N.3C2H6/c1-2-30-26-16-13-19-8-4-6-10-22(19)28(26)24-15-12-20-17-25-21-9-5-3-7-18(21)11-14-23(25)27(20)29(24)30;3*1-2/h3-16H,2,17H2,1H3;3*1-2H3. The van der Waals surface area contributed by atoms with Crippen molar-refractivity contribution in [2.24, 2.45) is 0 Å². The van der Waals surface area contributed by atoms with Crippen LogP contribution >= 0.6 is 0 Å². The second-order valence-electron chi connectivity index (χ2n) is 8.41. The molecule has 0 fully saturated rings. The minimum absolute atomic E-state index is 0.970. The van der Waals surface area contributed by atoms with E-state index in [4.69, 9.17) is 0 Å². The van der Waals surface area contributed by atoms with E-state index < -0.39 is 0 Å². The Kier molecular flexibility index (Phi) is 7.79. The molecule has 184 valence electrons. The Balaban J connectivity index is 0.000000475. The lowest BCUT2D eigenvalue weighted by Crippen LogP contribution is -1.95. The molecule has 0 radical (unpaired) electrons. The Hall–Kier alpha value is -3.58. The summed E-state index contributed by atoms with van der Waals surface area (Å²) in [6.45, 7) is 15.2. The first-order valence-electron chi connectivity index (χ1n) is 13.8. The maximum absolute atomic E-state index is 2.53. The first-order valence-corrected chi connectivity index (χ1v) is 13.8. The van der Waals surface area contributed by atoms with Gasteiger partial charge in [0.15, 0.2) is 0 Å².